The van der Waals surface area contributed by atoms with Gasteiger partial charge in [-0.3, -0.25) is 25.2 Å². The van der Waals surface area contributed by atoms with Crippen molar-refractivity contribution < 1.29 is 23.9 Å². The molecule has 0 aliphatic carbocycles. The lowest BCUT2D eigenvalue weighted by molar-refractivity contribution is -0.124. The molecule has 30 heavy (non-hydrogen) atoms. The number of nitrogens with one attached hydrogen (secondary N) is 3. The van der Waals surface area contributed by atoms with Gasteiger partial charge in [0.25, 0.3) is 5.91 Å². The molecule has 2 rings (SSSR count). The molecule has 0 spiro atoms. The maximum Gasteiger partial charge on any atom is 0.269 e. The fourth-order valence-electron chi connectivity index (χ4n) is 2.33. The van der Waals surface area contributed by atoms with Crippen molar-refractivity contribution in [3.63, 3.8) is 0 Å². The van der Waals surface area contributed by atoms with Crippen LogP contribution in [0, 0.1) is 0 Å². The molecular weight excluding hydrogens is 410 g/mol. The molecule has 9 heteroatoms. The first-order chi connectivity index (χ1) is 14.5. The first-order valence-electron chi connectivity index (χ1n) is 9.43. The standard InChI is InChI=1S/C21H24ClN3O5/c1-2-29-13-14-30-16-9-7-15(8-10-16)21(28)25-24-20(27)12-11-19(26)23-18-6-4-3-5-17(18)22/h3-10H,2,11-14H2,1H3,(H,23,26)(H,24,27)(H,25,28). The Balaban J connectivity index is 1.69. The third-order valence-electron chi connectivity index (χ3n) is 3.86. The molecule has 0 saturated carbocycles. The van der Waals surface area contributed by atoms with E-state index in [0.29, 0.717) is 41.8 Å². The summed E-state index contributed by atoms with van der Waals surface area (Å²) in [6.07, 6.45) is -0.149. The summed E-state index contributed by atoms with van der Waals surface area (Å²) >= 11 is 5.97. The van der Waals surface area contributed by atoms with Crippen LogP contribution in [-0.2, 0) is 14.3 Å². The molecule has 0 bridgehead atoms. The van der Waals surface area contributed by atoms with Gasteiger partial charge in [0.05, 0.1) is 17.3 Å². The summed E-state index contributed by atoms with van der Waals surface area (Å²) in [7, 11) is 0. The summed E-state index contributed by atoms with van der Waals surface area (Å²) in [6.45, 7) is 3.43. The van der Waals surface area contributed by atoms with E-state index in [2.05, 4.69) is 16.2 Å². The number of benzene rings is 2. The van der Waals surface area contributed by atoms with Gasteiger partial charge < -0.3 is 14.8 Å². The van der Waals surface area contributed by atoms with E-state index >= 15 is 0 Å². The van der Waals surface area contributed by atoms with Gasteiger partial charge in [-0.05, 0) is 43.3 Å². The second-order valence-corrected chi connectivity index (χ2v) is 6.51. The van der Waals surface area contributed by atoms with E-state index in [4.69, 9.17) is 21.1 Å². The Bertz CT molecular complexity index is 858. The van der Waals surface area contributed by atoms with Gasteiger partial charge in [0.15, 0.2) is 0 Å². The second-order valence-electron chi connectivity index (χ2n) is 6.10. The van der Waals surface area contributed by atoms with Crippen LogP contribution >= 0.6 is 11.6 Å². The molecule has 0 saturated heterocycles. The third-order valence-corrected chi connectivity index (χ3v) is 4.19. The van der Waals surface area contributed by atoms with Crippen LogP contribution in [0.1, 0.15) is 30.1 Å². The largest absolute Gasteiger partial charge is 0.491 e. The first kappa shape index (κ1) is 23.2. The second kappa shape index (κ2) is 12.5. The van der Waals surface area contributed by atoms with Crippen molar-refractivity contribution in [1.82, 2.24) is 10.9 Å². The molecular formula is C21H24ClN3O5. The first-order valence-corrected chi connectivity index (χ1v) is 9.81. The Hall–Kier alpha value is -3.10. The number of ether oxygens (including phenoxy) is 2. The number of amides is 3. The van der Waals surface area contributed by atoms with Crippen LogP contribution in [-0.4, -0.2) is 37.5 Å². The summed E-state index contributed by atoms with van der Waals surface area (Å²) in [5, 5.41) is 3.04. The van der Waals surface area contributed by atoms with Crippen molar-refractivity contribution in [2.45, 2.75) is 19.8 Å². The van der Waals surface area contributed by atoms with Gasteiger partial charge in [0.2, 0.25) is 11.8 Å². The minimum Gasteiger partial charge on any atom is -0.491 e. The number of carbonyl (C=O) groups is 3. The van der Waals surface area contributed by atoms with Gasteiger partial charge in [0, 0.05) is 25.0 Å². The number of halogens is 1. The van der Waals surface area contributed by atoms with Gasteiger partial charge in [0.1, 0.15) is 12.4 Å². The molecule has 0 unspecified atom stereocenters. The molecule has 0 fully saturated rings. The van der Waals surface area contributed by atoms with Crippen LogP contribution in [0.3, 0.4) is 0 Å². The Morgan fingerprint density at radius 1 is 0.900 bits per heavy atom. The highest BCUT2D eigenvalue weighted by Gasteiger charge is 2.11. The van der Waals surface area contributed by atoms with Crippen molar-refractivity contribution in [2.75, 3.05) is 25.1 Å². The zero-order valence-electron chi connectivity index (χ0n) is 16.6. The number of para-hydroxylation sites is 1. The van der Waals surface area contributed by atoms with E-state index in [-0.39, 0.29) is 18.7 Å². The monoisotopic (exact) mass is 433 g/mol. The van der Waals surface area contributed by atoms with Gasteiger partial charge >= 0.3 is 0 Å². The fourth-order valence-corrected chi connectivity index (χ4v) is 2.51. The summed E-state index contributed by atoms with van der Waals surface area (Å²) in [6, 6.07) is 13.3. The molecule has 2 aromatic carbocycles. The van der Waals surface area contributed by atoms with Crippen LogP contribution in [0.4, 0.5) is 5.69 Å². The molecule has 0 aromatic heterocycles. The Kier molecular flexibility index (Phi) is 9.63. The topological polar surface area (TPSA) is 106 Å². The molecule has 0 atom stereocenters. The summed E-state index contributed by atoms with van der Waals surface area (Å²) in [5.41, 5.74) is 5.42. The van der Waals surface area contributed by atoms with E-state index in [9.17, 15) is 14.4 Å². The smallest absolute Gasteiger partial charge is 0.269 e. The van der Waals surface area contributed by atoms with E-state index in [0.717, 1.165) is 0 Å². The number of anilines is 1. The lowest BCUT2D eigenvalue weighted by Crippen LogP contribution is -2.41. The number of carbonyl (C=O) groups excluding carboxylic acids is 3. The maximum absolute atomic E-state index is 12.1. The van der Waals surface area contributed by atoms with E-state index in [1.165, 1.54) is 0 Å². The number of hydrazine groups is 1. The van der Waals surface area contributed by atoms with E-state index < -0.39 is 11.8 Å². The molecule has 0 aliphatic rings. The lowest BCUT2D eigenvalue weighted by Gasteiger charge is -2.09. The van der Waals surface area contributed by atoms with E-state index in [1.54, 1.807) is 48.5 Å². The van der Waals surface area contributed by atoms with Crippen molar-refractivity contribution in [1.29, 1.82) is 0 Å². The predicted molar refractivity (Wildman–Crippen MR) is 113 cm³/mol. The van der Waals surface area contributed by atoms with E-state index in [1.807, 2.05) is 6.92 Å². The average Bonchev–Trinajstić information content (AvgIpc) is 2.75. The Morgan fingerprint density at radius 2 is 1.60 bits per heavy atom. The molecule has 2 aromatic rings. The summed E-state index contributed by atoms with van der Waals surface area (Å²) < 4.78 is 10.7. The molecule has 3 amide bonds. The minimum atomic E-state index is -0.492. The normalized spacial score (nSPS) is 10.2. The van der Waals surface area contributed by atoms with Crippen molar-refractivity contribution in [2.24, 2.45) is 0 Å². The van der Waals surface area contributed by atoms with Gasteiger partial charge in [-0.15, -0.1) is 0 Å². The number of hydrogen-bond acceptors (Lipinski definition) is 5. The molecule has 8 nitrogen and oxygen atoms in total. The maximum atomic E-state index is 12.1. The quantitative estimate of drug-likeness (QED) is 0.394. The lowest BCUT2D eigenvalue weighted by atomic mass is 10.2. The predicted octanol–water partition coefficient (Wildman–Crippen LogP) is 2.94. The zero-order valence-corrected chi connectivity index (χ0v) is 17.3. The number of hydrogen-bond donors (Lipinski definition) is 3. The molecule has 3 N–H and O–H groups in total. The van der Waals surface area contributed by atoms with Gasteiger partial charge in [-0.1, -0.05) is 23.7 Å². The molecule has 0 aliphatic heterocycles. The van der Waals surface area contributed by atoms with Crippen LogP contribution in [0.25, 0.3) is 0 Å². The Morgan fingerprint density at radius 3 is 2.30 bits per heavy atom. The SMILES string of the molecule is CCOCCOc1ccc(C(=O)NNC(=O)CCC(=O)Nc2ccccc2Cl)cc1. The highest BCUT2D eigenvalue weighted by atomic mass is 35.5. The van der Waals surface area contributed by atoms with Crippen molar-refractivity contribution in [3.05, 3.63) is 59.1 Å². The highest BCUT2D eigenvalue weighted by molar-refractivity contribution is 6.33. The average molecular weight is 434 g/mol. The zero-order chi connectivity index (χ0) is 21.8. The van der Waals surface area contributed by atoms with Gasteiger partial charge in [-0.25, -0.2) is 0 Å². The van der Waals surface area contributed by atoms with Crippen molar-refractivity contribution in [3.8, 4) is 5.75 Å². The fraction of sp³-hybridized carbons (Fsp3) is 0.286. The van der Waals surface area contributed by atoms with Crippen LogP contribution in [0.5, 0.6) is 5.75 Å². The van der Waals surface area contributed by atoms with Crippen molar-refractivity contribution >= 4 is 35.0 Å². The molecule has 0 radical (unpaired) electrons. The third kappa shape index (κ3) is 8.10. The highest BCUT2D eigenvalue weighted by Crippen LogP contribution is 2.20. The molecule has 160 valence electrons. The van der Waals surface area contributed by atoms with Crippen LogP contribution in [0.2, 0.25) is 5.02 Å². The summed E-state index contributed by atoms with van der Waals surface area (Å²) in [4.78, 5) is 35.9. The Labute approximate surface area is 179 Å². The molecule has 0 heterocycles. The number of rotatable bonds is 10. The minimum absolute atomic E-state index is 0.0549. The van der Waals surface area contributed by atoms with Gasteiger partial charge in [-0.2, -0.15) is 0 Å². The summed E-state index contributed by atoms with van der Waals surface area (Å²) in [5.74, 6) is -0.720. The van der Waals surface area contributed by atoms with Crippen LogP contribution in [0.15, 0.2) is 48.5 Å². The van der Waals surface area contributed by atoms with Crippen LogP contribution < -0.4 is 20.9 Å².